The van der Waals surface area contributed by atoms with Gasteiger partial charge in [-0.05, 0) is 64.2 Å². The fraction of sp³-hybridized carbons (Fsp3) is 0.148. The van der Waals surface area contributed by atoms with E-state index >= 15 is 0 Å². The highest BCUT2D eigenvalue weighted by atomic mass is 19.4. The van der Waals surface area contributed by atoms with Gasteiger partial charge in [0, 0.05) is 12.0 Å². The average Bonchev–Trinajstić information content (AvgIpc) is 2.81. The van der Waals surface area contributed by atoms with Crippen LogP contribution in [0.25, 0.3) is 21.9 Å². The van der Waals surface area contributed by atoms with Crippen molar-refractivity contribution in [3.05, 3.63) is 95.6 Å². The predicted molar refractivity (Wildman–Crippen MR) is 126 cm³/mol. The predicted octanol–water partition coefficient (Wildman–Crippen LogP) is 6.70. The maximum Gasteiger partial charge on any atom is 0.416 e. The van der Waals surface area contributed by atoms with Crippen molar-refractivity contribution in [3.8, 4) is 16.9 Å². The summed E-state index contributed by atoms with van der Waals surface area (Å²) in [6.45, 7) is 0.0252. The summed E-state index contributed by atoms with van der Waals surface area (Å²) < 4.78 is 44.5. The number of ether oxygens (including phenoxy) is 1. The van der Waals surface area contributed by atoms with E-state index in [4.69, 9.17) is 15.6 Å². The lowest BCUT2D eigenvalue weighted by atomic mass is 9.96. The molecule has 0 unspecified atom stereocenters. The number of fused-ring (bicyclic) bond motifs is 1. The average molecular weight is 465 g/mol. The van der Waals surface area contributed by atoms with Crippen LogP contribution in [0.4, 0.5) is 18.9 Å². The van der Waals surface area contributed by atoms with Gasteiger partial charge >= 0.3 is 12.1 Å². The number of rotatable bonds is 7. The van der Waals surface area contributed by atoms with E-state index in [-0.39, 0.29) is 13.0 Å². The third-order valence-electron chi connectivity index (χ3n) is 5.53. The molecule has 0 saturated carbocycles. The summed E-state index contributed by atoms with van der Waals surface area (Å²) in [6, 6.07) is 22.1. The van der Waals surface area contributed by atoms with Crippen LogP contribution in [-0.2, 0) is 24.0 Å². The van der Waals surface area contributed by atoms with Crippen LogP contribution < -0.4 is 10.5 Å². The minimum atomic E-state index is -4.40. The molecular formula is C27H22F3NO3. The van der Waals surface area contributed by atoms with Gasteiger partial charge in [-0.3, -0.25) is 4.79 Å². The van der Waals surface area contributed by atoms with E-state index in [1.54, 1.807) is 6.07 Å². The fourth-order valence-corrected chi connectivity index (χ4v) is 3.79. The molecule has 4 aromatic carbocycles. The second-order valence-electron chi connectivity index (χ2n) is 8.00. The minimum Gasteiger partial charge on any atom is -0.486 e. The van der Waals surface area contributed by atoms with Crippen molar-refractivity contribution in [1.82, 2.24) is 0 Å². The van der Waals surface area contributed by atoms with E-state index in [1.807, 2.05) is 48.5 Å². The number of aliphatic carboxylic acids is 1. The summed E-state index contributed by atoms with van der Waals surface area (Å²) in [7, 11) is 0. The third kappa shape index (κ3) is 5.31. The summed E-state index contributed by atoms with van der Waals surface area (Å²) in [5, 5.41) is 11.1. The number of halogens is 3. The Labute approximate surface area is 194 Å². The molecule has 4 rings (SSSR count). The van der Waals surface area contributed by atoms with Crippen LogP contribution in [0, 0.1) is 0 Å². The normalized spacial score (nSPS) is 11.5. The molecule has 0 fully saturated rings. The number of nitrogens with two attached hydrogens (primary N) is 1. The Balaban J connectivity index is 1.69. The summed E-state index contributed by atoms with van der Waals surface area (Å²) in [5.74, 6) is -0.511. The molecule has 7 heteroatoms. The van der Waals surface area contributed by atoms with Crippen LogP contribution in [0.15, 0.2) is 78.9 Å². The first-order valence-electron chi connectivity index (χ1n) is 10.6. The second kappa shape index (κ2) is 9.47. The Morgan fingerprint density at radius 3 is 2.26 bits per heavy atom. The van der Waals surface area contributed by atoms with Gasteiger partial charge < -0.3 is 15.6 Å². The summed E-state index contributed by atoms with van der Waals surface area (Å²) in [5.41, 5.74) is 8.75. The molecule has 0 radical (unpaired) electrons. The molecule has 4 nitrogen and oxygen atoms in total. The molecule has 0 aromatic heterocycles. The SMILES string of the molecule is Nc1cc(CCC(=O)O)cc(-c2ccc3ccccc3c2)c1OCc1ccc(C(F)(F)F)cc1. The van der Waals surface area contributed by atoms with Gasteiger partial charge in [0.2, 0.25) is 0 Å². The van der Waals surface area contributed by atoms with E-state index in [0.29, 0.717) is 29.0 Å². The smallest absolute Gasteiger partial charge is 0.416 e. The summed E-state index contributed by atoms with van der Waals surface area (Å²) >= 11 is 0. The number of carbonyl (C=O) groups is 1. The number of benzene rings is 4. The van der Waals surface area contributed by atoms with Crippen LogP contribution in [0.3, 0.4) is 0 Å². The Morgan fingerprint density at radius 2 is 1.59 bits per heavy atom. The number of hydrogen-bond acceptors (Lipinski definition) is 3. The number of hydrogen-bond donors (Lipinski definition) is 2. The van der Waals surface area contributed by atoms with Crippen LogP contribution >= 0.6 is 0 Å². The number of aryl methyl sites for hydroxylation is 1. The van der Waals surface area contributed by atoms with Gasteiger partial charge in [-0.15, -0.1) is 0 Å². The fourth-order valence-electron chi connectivity index (χ4n) is 3.79. The van der Waals surface area contributed by atoms with Gasteiger partial charge in [0.15, 0.2) is 5.75 Å². The van der Waals surface area contributed by atoms with Crippen molar-refractivity contribution >= 4 is 22.4 Å². The van der Waals surface area contributed by atoms with Crippen molar-refractivity contribution in [2.75, 3.05) is 5.73 Å². The quantitative estimate of drug-likeness (QED) is 0.298. The van der Waals surface area contributed by atoms with Gasteiger partial charge in [-0.25, -0.2) is 0 Å². The topological polar surface area (TPSA) is 72.6 Å². The zero-order chi connectivity index (χ0) is 24.3. The molecule has 0 amide bonds. The molecule has 3 N–H and O–H groups in total. The lowest BCUT2D eigenvalue weighted by Crippen LogP contribution is -2.06. The number of anilines is 1. The van der Waals surface area contributed by atoms with Gasteiger partial charge in [-0.2, -0.15) is 13.2 Å². The maximum atomic E-state index is 12.8. The Kier molecular flexibility index (Phi) is 6.45. The molecule has 0 aliphatic carbocycles. The summed E-state index contributed by atoms with van der Waals surface area (Å²) in [6.07, 6.45) is -4.14. The monoisotopic (exact) mass is 465 g/mol. The van der Waals surface area contributed by atoms with Crippen LogP contribution in [0.5, 0.6) is 5.75 Å². The van der Waals surface area contributed by atoms with Crippen LogP contribution in [-0.4, -0.2) is 11.1 Å². The van der Waals surface area contributed by atoms with E-state index in [9.17, 15) is 18.0 Å². The standard InChI is InChI=1S/C27H22F3NO3/c28-27(29,30)22-10-5-17(6-11-22)16-34-26-23(13-18(14-24(26)31)7-12-25(32)33)21-9-8-19-3-1-2-4-20(19)15-21/h1-6,8-11,13-15H,7,12,16,31H2,(H,32,33). The molecule has 0 atom stereocenters. The Bertz CT molecular complexity index is 1330. The third-order valence-corrected chi connectivity index (χ3v) is 5.53. The van der Waals surface area contributed by atoms with Gasteiger partial charge in [-0.1, -0.05) is 48.5 Å². The lowest BCUT2D eigenvalue weighted by Gasteiger charge is -2.17. The zero-order valence-electron chi connectivity index (χ0n) is 18.1. The van der Waals surface area contributed by atoms with E-state index in [2.05, 4.69) is 0 Å². The highest BCUT2D eigenvalue weighted by molar-refractivity contribution is 5.89. The van der Waals surface area contributed by atoms with Gasteiger partial charge in [0.1, 0.15) is 6.61 Å². The number of nitrogen functional groups attached to an aromatic ring is 1. The van der Waals surface area contributed by atoms with E-state index < -0.39 is 17.7 Å². The molecule has 0 spiro atoms. The van der Waals surface area contributed by atoms with Gasteiger partial charge in [0.25, 0.3) is 0 Å². The van der Waals surface area contributed by atoms with Crippen LogP contribution in [0.1, 0.15) is 23.1 Å². The molecule has 0 bridgehead atoms. The number of carboxylic acids is 1. The maximum absolute atomic E-state index is 12.8. The molecule has 0 aliphatic heterocycles. The molecule has 0 aliphatic rings. The molecule has 174 valence electrons. The zero-order valence-corrected chi connectivity index (χ0v) is 18.1. The molecule has 0 saturated heterocycles. The highest BCUT2D eigenvalue weighted by Gasteiger charge is 2.30. The number of carboxylic acid groups (broad SMARTS) is 1. The largest absolute Gasteiger partial charge is 0.486 e. The minimum absolute atomic E-state index is 0.0252. The molecule has 34 heavy (non-hydrogen) atoms. The molecule has 0 heterocycles. The molecule has 4 aromatic rings. The first-order valence-corrected chi connectivity index (χ1v) is 10.6. The van der Waals surface area contributed by atoms with Crippen molar-refractivity contribution < 1.29 is 27.8 Å². The van der Waals surface area contributed by atoms with Crippen molar-refractivity contribution in [2.24, 2.45) is 0 Å². The lowest BCUT2D eigenvalue weighted by molar-refractivity contribution is -0.138. The van der Waals surface area contributed by atoms with Gasteiger partial charge in [0.05, 0.1) is 11.3 Å². The van der Waals surface area contributed by atoms with Crippen molar-refractivity contribution in [1.29, 1.82) is 0 Å². The van der Waals surface area contributed by atoms with Crippen molar-refractivity contribution in [3.63, 3.8) is 0 Å². The highest BCUT2D eigenvalue weighted by Crippen LogP contribution is 2.38. The van der Waals surface area contributed by atoms with Crippen LogP contribution in [0.2, 0.25) is 0 Å². The first kappa shape index (κ1) is 23.2. The van der Waals surface area contributed by atoms with Crippen molar-refractivity contribution in [2.45, 2.75) is 25.6 Å². The Hall–Kier alpha value is -4.00. The van der Waals surface area contributed by atoms with E-state index in [0.717, 1.165) is 34.0 Å². The first-order chi connectivity index (χ1) is 16.2. The Morgan fingerprint density at radius 1 is 0.882 bits per heavy atom. The summed E-state index contributed by atoms with van der Waals surface area (Å²) in [4.78, 5) is 11.0. The number of alkyl halides is 3. The van der Waals surface area contributed by atoms with E-state index in [1.165, 1.54) is 12.1 Å². The second-order valence-corrected chi connectivity index (χ2v) is 8.00. The molecular weight excluding hydrogens is 443 g/mol.